The minimum atomic E-state index is 0.0642. The Labute approximate surface area is 136 Å². The number of H-pyrrole nitrogens is 1. The zero-order valence-electron chi connectivity index (χ0n) is 14.1. The van der Waals surface area contributed by atoms with Gasteiger partial charge in [-0.25, -0.2) is 0 Å². The van der Waals surface area contributed by atoms with Crippen molar-refractivity contribution in [3.05, 3.63) is 35.4 Å². The summed E-state index contributed by atoms with van der Waals surface area (Å²) in [6, 6.07) is 3.99. The van der Waals surface area contributed by atoms with Gasteiger partial charge in [0.05, 0.1) is 17.4 Å². The highest BCUT2D eigenvalue weighted by molar-refractivity contribution is 5.93. The zero-order chi connectivity index (χ0) is 16.4. The molecule has 6 heteroatoms. The second kappa shape index (κ2) is 6.56. The maximum absolute atomic E-state index is 13.1. The van der Waals surface area contributed by atoms with Crippen LogP contribution in [0, 0.1) is 5.92 Å². The van der Waals surface area contributed by atoms with Gasteiger partial charge in [-0.2, -0.15) is 10.2 Å². The number of carbonyl (C=O) groups is 1. The first-order valence-corrected chi connectivity index (χ1v) is 8.39. The van der Waals surface area contributed by atoms with Crippen LogP contribution in [0.5, 0.6) is 0 Å². The van der Waals surface area contributed by atoms with Gasteiger partial charge in [0.25, 0.3) is 5.91 Å². The molecule has 3 heterocycles. The Bertz CT molecular complexity index is 659. The van der Waals surface area contributed by atoms with Gasteiger partial charge in [0, 0.05) is 19.8 Å². The Kier molecular flexibility index (Phi) is 4.50. The number of rotatable bonds is 4. The fourth-order valence-electron chi connectivity index (χ4n) is 3.34. The molecule has 1 fully saturated rings. The minimum absolute atomic E-state index is 0.0642. The van der Waals surface area contributed by atoms with E-state index in [9.17, 15) is 4.79 Å². The molecule has 1 N–H and O–H groups in total. The van der Waals surface area contributed by atoms with E-state index in [1.165, 1.54) is 0 Å². The molecule has 23 heavy (non-hydrogen) atoms. The fraction of sp³-hybridized carbons (Fsp3) is 0.588. The Morgan fingerprint density at radius 3 is 2.96 bits per heavy atom. The number of aromatic nitrogens is 4. The molecule has 1 amide bonds. The summed E-state index contributed by atoms with van der Waals surface area (Å²) in [7, 11) is 1.85. The highest BCUT2D eigenvalue weighted by Gasteiger charge is 2.31. The number of hydrogen-bond donors (Lipinski definition) is 1. The highest BCUT2D eigenvalue weighted by Crippen LogP contribution is 2.31. The number of piperidine rings is 1. The summed E-state index contributed by atoms with van der Waals surface area (Å²) in [4.78, 5) is 15.0. The molecule has 0 saturated carbocycles. The molecule has 0 aliphatic carbocycles. The van der Waals surface area contributed by atoms with Gasteiger partial charge in [0.2, 0.25) is 0 Å². The van der Waals surface area contributed by atoms with E-state index in [2.05, 4.69) is 29.1 Å². The maximum Gasteiger partial charge on any atom is 0.272 e. The number of hydrogen-bond acceptors (Lipinski definition) is 3. The number of likely N-dealkylation sites (tertiary alicyclic amines) is 1. The van der Waals surface area contributed by atoms with Gasteiger partial charge < -0.3 is 4.90 Å². The van der Waals surface area contributed by atoms with E-state index < -0.39 is 0 Å². The van der Waals surface area contributed by atoms with Crippen molar-refractivity contribution in [1.82, 2.24) is 24.9 Å². The van der Waals surface area contributed by atoms with Gasteiger partial charge in [-0.3, -0.25) is 14.6 Å². The van der Waals surface area contributed by atoms with Gasteiger partial charge in [-0.15, -0.1) is 0 Å². The van der Waals surface area contributed by atoms with Crippen LogP contribution in [0.4, 0.5) is 0 Å². The van der Waals surface area contributed by atoms with Crippen molar-refractivity contribution in [1.29, 1.82) is 0 Å². The molecule has 1 atom stereocenters. The van der Waals surface area contributed by atoms with E-state index in [-0.39, 0.29) is 11.9 Å². The molecule has 1 saturated heterocycles. The quantitative estimate of drug-likeness (QED) is 0.943. The predicted molar refractivity (Wildman–Crippen MR) is 88.0 cm³/mol. The van der Waals surface area contributed by atoms with Crippen molar-refractivity contribution >= 4 is 5.91 Å². The number of carbonyl (C=O) groups excluding carboxylic acids is 1. The van der Waals surface area contributed by atoms with Crippen molar-refractivity contribution in [3.8, 4) is 0 Å². The minimum Gasteiger partial charge on any atom is -0.329 e. The molecule has 2 aromatic rings. The summed E-state index contributed by atoms with van der Waals surface area (Å²) < 4.78 is 1.72. The monoisotopic (exact) mass is 315 g/mol. The topological polar surface area (TPSA) is 66.8 Å². The average Bonchev–Trinajstić information content (AvgIpc) is 3.16. The molecule has 2 aromatic heterocycles. The van der Waals surface area contributed by atoms with Crippen molar-refractivity contribution in [3.63, 3.8) is 0 Å². The van der Waals surface area contributed by atoms with Crippen LogP contribution in [0.25, 0.3) is 0 Å². The largest absolute Gasteiger partial charge is 0.329 e. The second-order valence-electron chi connectivity index (χ2n) is 6.76. The number of aryl methyl sites for hydroxylation is 1. The molecule has 0 aromatic carbocycles. The number of aromatic amines is 1. The summed E-state index contributed by atoms with van der Waals surface area (Å²) >= 11 is 0. The Morgan fingerprint density at radius 2 is 2.26 bits per heavy atom. The van der Waals surface area contributed by atoms with Crippen LogP contribution < -0.4 is 0 Å². The number of nitrogens with one attached hydrogen (secondary N) is 1. The maximum atomic E-state index is 13.1. The van der Waals surface area contributed by atoms with E-state index in [0.29, 0.717) is 11.6 Å². The van der Waals surface area contributed by atoms with E-state index in [4.69, 9.17) is 0 Å². The lowest BCUT2D eigenvalue weighted by molar-refractivity contribution is 0.0594. The van der Waals surface area contributed by atoms with Crippen LogP contribution in [-0.2, 0) is 13.5 Å². The Morgan fingerprint density at radius 1 is 1.43 bits per heavy atom. The second-order valence-corrected chi connectivity index (χ2v) is 6.76. The molecule has 124 valence electrons. The average molecular weight is 315 g/mol. The fourth-order valence-corrected chi connectivity index (χ4v) is 3.34. The van der Waals surface area contributed by atoms with Crippen molar-refractivity contribution in [2.75, 3.05) is 6.54 Å². The summed E-state index contributed by atoms with van der Waals surface area (Å²) in [6.07, 6.45) is 5.80. The van der Waals surface area contributed by atoms with Gasteiger partial charge in [0.15, 0.2) is 0 Å². The van der Waals surface area contributed by atoms with E-state index in [1.54, 1.807) is 10.9 Å². The first kappa shape index (κ1) is 15.8. The molecular formula is C17H25N5O. The van der Waals surface area contributed by atoms with Gasteiger partial charge in [-0.05, 0) is 43.7 Å². The first-order chi connectivity index (χ1) is 11.1. The normalized spacial score (nSPS) is 18.6. The molecular weight excluding hydrogens is 290 g/mol. The summed E-state index contributed by atoms with van der Waals surface area (Å²) in [5.41, 5.74) is 2.68. The van der Waals surface area contributed by atoms with Crippen LogP contribution >= 0.6 is 0 Å². The molecule has 6 nitrogen and oxygen atoms in total. The van der Waals surface area contributed by atoms with E-state index >= 15 is 0 Å². The molecule has 3 rings (SSSR count). The zero-order valence-corrected chi connectivity index (χ0v) is 14.1. The lowest BCUT2D eigenvalue weighted by atomic mass is 9.99. The third kappa shape index (κ3) is 3.30. The standard InChI is InChI=1S/C17H25N5O/c1-12(2)10-13-11-16(21(3)20-13)17(23)22-9-5-4-6-15(22)14-7-8-18-19-14/h7-8,11-12,15H,4-6,9-10H2,1-3H3,(H,18,19)/t15-/m1/s1. The van der Waals surface area contributed by atoms with Crippen LogP contribution in [0.3, 0.4) is 0 Å². The third-order valence-corrected chi connectivity index (χ3v) is 4.41. The first-order valence-electron chi connectivity index (χ1n) is 8.39. The molecule has 1 aliphatic rings. The smallest absolute Gasteiger partial charge is 0.272 e. The van der Waals surface area contributed by atoms with Crippen LogP contribution in [0.2, 0.25) is 0 Å². The van der Waals surface area contributed by atoms with Crippen molar-refractivity contribution in [2.24, 2.45) is 13.0 Å². The van der Waals surface area contributed by atoms with E-state index in [1.807, 2.05) is 24.1 Å². The van der Waals surface area contributed by atoms with Gasteiger partial charge in [0.1, 0.15) is 5.69 Å². The van der Waals surface area contributed by atoms with Crippen molar-refractivity contribution in [2.45, 2.75) is 45.6 Å². The van der Waals surface area contributed by atoms with Crippen LogP contribution in [0.1, 0.15) is 61.0 Å². The Balaban J connectivity index is 1.84. The molecule has 0 unspecified atom stereocenters. The lowest BCUT2D eigenvalue weighted by Gasteiger charge is -2.35. The molecule has 0 spiro atoms. The summed E-state index contributed by atoms with van der Waals surface area (Å²) in [5, 5.41) is 11.6. The SMILES string of the molecule is CC(C)Cc1cc(C(=O)N2CCCC[C@@H]2c2ccn[nH]2)n(C)n1. The van der Waals surface area contributed by atoms with Gasteiger partial charge >= 0.3 is 0 Å². The molecule has 0 radical (unpaired) electrons. The number of amides is 1. The van der Waals surface area contributed by atoms with Gasteiger partial charge in [-0.1, -0.05) is 13.8 Å². The highest BCUT2D eigenvalue weighted by atomic mass is 16.2. The lowest BCUT2D eigenvalue weighted by Crippen LogP contribution is -2.39. The third-order valence-electron chi connectivity index (χ3n) is 4.41. The Hall–Kier alpha value is -2.11. The molecule has 0 bridgehead atoms. The van der Waals surface area contributed by atoms with Crippen LogP contribution in [0.15, 0.2) is 18.3 Å². The van der Waals surface area contributed by atoms with Crippen molar-refractivity contribution < 1.29 is 4.79 Å². The number of nitrogens with zero attached hydrogens (tertiary/aromatic N) is 4. The summed E-state index contributed by atoms with van der Waals surface area (Å²) in [5.74, 6) is 0.592. The van der Waals surface area contributed by atoms with Crippen LogP contribution in [-0.4, -0.2) is 37.3 Å². The summed E-state index contributed by atoms with van der Waals surface area (Å²) in [6.45, 7) is 5.11. The molecule has 1 aliphatic heterocycles. The predicted octanol–water partition coefficient (Wildman–Crippen LogP) is 2.71. The van der Waals surface area contributed by atoms with E-state index in [0.717, 1.165) is 43.6 Å².